The average Bonchev–Trinajstić information content (AvgIpc) is 3.48. The van der Waals surface area contributed by atoms with Crippen molar-refractivity contribution in [2.24, 2.45) is 0 Å². The van der Waals surface area contributed by atoms with Crippen molar-refractivity contribution in [2.45, 2.75) is 44.7 Å². The van der Waals surface area contributed by atoms with Gasteiger partial charge in [0.05, 0.1) is 24.0 Å². The SMILES string of the molecule is C[C@@H](NC(=O)[C@](C)(O)[C@@H](O)C(=O)N1Cc2cncnc2C1)c1ccc(-n2cccn2)cc1. The molecular weight excluding hydrogens is 412 g/mol. The second-order valence-electron chi connectivity index (χ2n) is 7.98. The number of fused-ring (bicyclic) bond motifs is 1. The third-order valence-electron chi connectivity index (χ3n) is 5.63. The normalized spacial score (nSPS) is 16.7. The lowest BCUT2D eigenvalue weighted by Crippen LogP contribution is -2.58. The molecule has 2 amide bonds. The molecule has 0 fully saturated rings. The molecule has 1 aliphatic rings. The number of amides is 2. The minimum atomic E-state index is -2.32. The molecule has 4 rings (SSSR count). The Hall–Kier alpha value is -3.63. The van der Waals surface area contributed by atoms with Crippen molar-refractivity contribution in [2.75, 3.05) is 0 Å². The fourth-order valence-electron chi connectivity index (χ4n) is 3.56. The van der Waals surface area contributed by atoms with Crippen LogP contribution in [0.25, 0.3) is 5.69 Å². The second kappa shape index (κ2) is 8.48. The zero-order chi connectivity index (χ0) is 22.9. The van der Waals surface area contributed by atoms with Crippen LogP contribution in [-0.4, -0.2) is 58.4 Å². The van der Waals surface area contributed by atoms with E-state index in [1.54, 1.807) is 24.0 Å². The second-order valence-corrected chi connectivity index (χ2v) is 7.98. The first-order chi connectivity index (χ1) is 15.3. The average molecular weight is 436 g/mol. The van der Waals surface area contributed by atoms with E-state index in [1.165, 1.54) is 11.2 Å². The van der Waals surface area contributed by atoms with Gasteiger partial charge in [0.25, 0.3) is 11.8 Å². The Balaban J connectivity index is 1.40. The van der Waals surface area contributed by atoms with E-state index in [9.17, 15) is 19.8 Å². The fourth-order valence-corrected chi connectivity index (χ4v) is 3.56. The lowest BCUT2D eigenvalue weighted by atomic mass is 9.95. The first-order valence-electron chi connectivity index (χ1n) is 10.2. The van der Waals surface area contributed by atoms with E-state index in [0.717, 1.165) is 23.7 Å². The minimum Gasteiger partial charge on any atom is -0.380 e. The number of rotatable bonds is 6. The van der Waals surface area contributed by atoms with E-state index in [0.29, 0.717) is 5.69 Å². The number of aliphatic hydroxyl groups excluding tert-OH is 1. The van der Waals surface area contributed by atoms with E-state index in [1.807, 2.05) is 36.5 Å². The van der Waals surface area contributed by atoms with Gasteiger partial charge in [-0.1, -0.05) is 12.1 Å². The number of aliphatic hydroxyl groups is 2. The van der Waals surface area contributed by atoms with Crippen LogP contribution in [0.5, 0.6) is 0 Å². The van der Waals surface area contributed by atoms with Crippen LogP contribution in [-0.2, 0) is 22.7 Å². The summed E-state index contributed by atoms with van der Waals surface area (Å²) in [4.78, 5) is 34.9. The maximum Gasteiger partial charge on any atom is 0.255 e. The molecule has 166 valence electrons. The van der Waals surface area contributed by atoms with E-state index >= 15 is 0 Å². The molecule has 3 aromatic rings. The van der Waals surface area contributed by atoms with E-state index in [2.05, 4.69) is 20.4 Å². The summed E-state index contributed by atoms with van der Waals surface area (Å²) in [6, 6.07) is 8.74. The quantitative estimate of drug-likeness (QED) is 0.512. The molecule has 2 aromatic heterocycles. The summed E-state index contributed by atoms with van der Waals surface area (Å²) in [5.41, 5.74) is 0.781. The molecule has 10 nitrogen and oxygen atoms in total. The molecule has 1 aliphatic heterocycles. The predicted octanol–water partition coefficient (Wildman–Crippen LogP) is 0.494. The summed E-state index contributed by atoms with van der Waals surface area (Å²) in [6.45, 7) is 3.27. The Morgan fingerprint density at radius 3 is 2.62 bits per heavy atom. The number of carbonyl (C=O) groups is 2. The highest BCUT2D eigenvalue weighted by Crippen LogP contribution is 2.24. The summed E-state index contributed by atoms with van der Waals surface area (Å²) in [7, 11) is 0. The van der Waals surface area contributed by atoms with Gasteiger partial charge in [0.2, 0.25) is 0 Å². The smallest absolute Gasteiger partial charge is 0.255 e. The van der Waals surface area contributed by atoms with Gasteiger partial charge in [-0.3, -0.25) is 9.59 Å². The number of nitrogens with zero attached hydrogens (tertiary/aromatic N) is 5. The Morgan fingerprint density at radius 2 is 1.97 bits per heavy atom. The van der Waals surface area contributed by atoms with Crippen molar-refractivity contribution in [3.05, 3.63) is 72.1 Å². The summed E-state index contributed by atoms with van der Waals surface area (Å²) in [5.74, 6) is -1.60. The highest BCUT2D eigenvalue weighted by molar-refractivity contribution is 5.94. The van der Waals surface area contributed by atoms with E-state index < -0.39 is 29.6 Å². The van der Waals surface area contributed by atoms with Crippen molar-refractivity contribution in [3.63, 3.8) is 0 Å². The Kier molecular flexibility index (Phi) is 5.72. The van der Waals surface area contributed by atoms with Gasteiger partial charge >= 0.3 is 0 Å². The monoisotopic (exact) mass is 436 g/mol. The standard InChI is InChI=1S/C22H24N6O4/c1-14(15-4-6-17(7-5-15)28-9-3-8-25-28)26-21(31)22(2,32)19(29)20(30)27-11-16-10-23-13-24-18(16)12-27/h3-10,13-14,19,29,32H,11-12H2,1-2H3,(H,26,31)/t14-,19+,22-/m1/s1. The summed E-state index contributed by atoms with van der Waals surface area (Å²) in [5, 5.41) is 28.1. The minimum absolute atomic E-state index is 0.185. The number of carbonyl (C=O) groups excluding carboxylic acids is 2. The molecule has 0 saturated heterocycles. The number of hydrogen-bond acceptors (Lipinski definition) is 7. The van der Waals surface area contributed by atoms with Gasteiger partial charge in [-0.05, 0) is 37.6 Å². The molecule has 3 atom stereocenters. The number of aromatic nitrogens is 4. The largest absolute Gasteiger partial charge is 0.380 e. The van der Waals surface area contributed by atoms with Crippen molar-refractivity contribution in [1.82, 2.24) is 30.0 Å². The van der Waals surface area contributed by atoms with Crippen molar-refractivity contribution < 1.29 is 19.8 Å². The lowest BCUT2D eigenvalue weighted by Gasteiger charge is -2.31. The van der Waals surface area contributed by atoms with Gasteiger partial charge in [0, 0.05) is 30.7 Å². The van der Waals surface area contributed by atoms with Crippen LogP contribution in [0.1, 0.15) is 36.7 Å². The summed E-state index contributed by atoms with van der Waals surface area (Å²) < 4.78 is 1.71. The van der Waals surface area contributed by atoms with Gasteiger partial charge in [-0.25, -0.2) is 14.6 Å². The van der Waals surface area contributed by atoms with Crippen LogP contribution >= 0.6 is 0 Å². The highest BCUT2D eigenvalue weighted by Gasteiger charge is 2.45. The molecule has 3 N–H and O–H groups in total. The maximum atomic E-state index is 12.8. The zero-order valence-electron chi connectivity index (χ0n) is 17.7. The molecule has 32 heavy (non-hydrogen) atoms. The zero-order valence-corrected chi connectivity index (χ0v) is 17.7. The predicted molar refractivity (Wildman–Crippen MR) is 113 cm³/mol. The molecule has 1 aromatic carbocycles. The van der Waals surface area contributed by atoms with Crippen LogP contribution in [0.2, 0.25) is 0 Å². The van der Waals surface area contributed by atoms with Gasteiger partial charge in [0.1, 0.15) is 6.33 Å². The van der Waals surface area contributed by atoms with Crippen LogP contribution < -0.4 is 5.32 Å². The van der Waals surface area contributed by atoms with Gasteiger partial charge in [-0.15, -0.1) is 0 Å². The van der Waals surface area contributed by atoms with Crippen LogP contribution in [0.4, 0.5) is 0 Å². The highest BCUT2D eigenvalue weighted by atomic mass is 16.4. The number of nitrogens with one attached hydrogen (secondary N) is 1. The van der Waals surface area contributed by atoms with Crippen LogP contribution in [0, 0.1) is 0 Å². The van der Waals surface area contributed by atoms with Crippen molar-refractivity contribution in [1.29, 1.82) is 0 Å². The van der Waals surface area contributed by atoms with E-state index in [4.69, 9.17) is 0 Å². The fraction of sp³-hybridized carbons (Fsp3) is 0.318. The lowest BCUT2D eigenvalue weighted by molar-refractivity contribution is -0.166. The summed E-state index contributed by atoms with van der Waals surface area (Å²) in [6.07, 6.45) is 4.56. The number of hydrogen-bond donors (Lipinski definition) is 3. The maximum absolute atomic E-state index is 12.8. The molecule has 10 heteroatoms. The van der Waals surface area contributed by atoms with Crippen LogP contribution in [0.15, 0.2) is 55.2 Å². The Morgan fingerprint density at radius 1 is 1.22 bits per heavy atom. The molecule has 0 bridgehead atoms. The molecular formula is C22H24N6O4. The Labute approximate surface area is 184 Å². The van der Waals surface area contributed by atoms with E-state index in [-0.39, 0.29) is 13.1 Å². The molecule has 0 aliphatic carbocycles. The van der Waals surface area contributed by atoms with Gasteiger partial charge in [0.15, 0.2) is 11.7 Å². The third kappa shape index (κ3) is 4.10. The molecule has 3 heterocycles. The first kappa shape index (κ1) is 21.6. The first-order valence-corrected chi connectivity index (χ1v) is 10.2. The third-order valence-corrected chi connectivity index (χ3v) is 5.63. The van der Waals surface area contributed by atoms with Crippen molar-refractivity contribution >= 4 is 11.8 Å². The topological polar surface area (TPSA) is 133 Å². The molecule has 0 saturated carbocycles. The van der Waals surface area contributed by atoms with Crippen LogP contribution in [0.3, 0.4) is 0 Å². The Bertz CT molecular complexity index is 1090. The summed E-state index contributed by atoms with van der Waals surface area (Å²) >= 11 is 0. The molecule has 0 radical (unpaired) electrons. The van der Waals surface area contributed by atoms with Crippen molar-refractivity contribution in [3.8, 4) is 5.69 Å². The molecule has 0 spiro atoms. The van der Waals surface area contributed by atoms with Gasteiger partial charge in [-0.2, -0.15) is 5.10 Å². The number of benzene rings is 1. The van der Waals surface area contributed by atoms with Gasteiger partial charge < -0.3 is 20.4 Å². The molecule has 0 unspecified atom stereocenters.